The van der Waals surface area contributed by atoms with Gasteiger partial charge in [-0.1, -0.05) is 12.1 Å². The van der Waals surface area contributed by atoms with Gasteiger partial charge < -0.3 is 10.3 Å². The minimum Gasteiger partial charge on any atom is -0.361 e. The smallest absolute Gasteiger partial charge is 0.237 e. The van der Waals surface area contributed by atoms with Crippen molar-refractivity contribution >= 4 is 32.4 Å². The lowest BCUT2D eigenvalue weighted by atomic mass is 9.91. The maximum Gasteiger partial charge on any atom is 0.237 e. The molecular formula is C29H25F3N4O3S. The third-order valence-electron chi connectivity index (χ3n) is 6.70. The molecule has 2 aromatic carbocycles. The number of H-pyrrole nitrogens is 1. The summed E-state index contributed by atoms with van der Waals surface area (Å²) in [6.07, 6.45) is 6.98. The molecular weight excluding hydrogens is 541 g/mol. The average Bonchev–Trinajstić information content (AvgIpc) is 3.28. The molecule has 2 heterocycles. The number of aromatic nitrogens is 2. The fourth-order valence-corrected chi connectivity index (χ4v) is 5.60. The number of halogens is 3. The van der Waals surface area contributed by atoms with Crippen molar-refractivity contribution in [1.82, 2.24) is 15.3 Å². The van der Waals surface area contributed by atoms with Crippen molar-refractivity contribution in [2.24, 2.45) is 5.14 Å². The van der Waals surface area contributed by atoms with Crippen molar-refractivity contribution in [1.29, 1.82) is 0 Å². The van der Waals surface area contributed by atoms with Gasteiger partial charge in [-0.25, -0.2) is 26.7 Å². The highest BCUT2D eigenvalue weighted by molar-refractivity contribution is 7.93. The van der Waals surface area contributed by atoms with Gasteiger partial charge in [-0.15, -0.1) is 0 Å². The van der Waals surface area contributed by atoms with Gasteiger partial charge in [-0.05, 0) is 78.4 Å². The molecule has 0 bridgehead atoms. The Kier molecular flexibility index (Phi) is 7.59. The number of hydrogen-bond acceptors (Lipinski definition) is 4. The Bertz CT molecular complexity index is 1760. The molecule has 0 aliphatic heterocycles. The quantitative estimate of drug-likeness (QED) is 0.279. The number of primary sulfonamides is 1. The van der Waals surface area contributed by atoms with Crippen LogP contribution in [0.3, 0.4) is 0 Å². The lowest BCUT2D eigenvalue weighted by Crippen LogP contribution is -2.32. The molecule has 206 valence electrons. The number of nitrogens with zero attached hydrogens (tertiary/aromatic N) is 1. The van der Waals surface area contributed by atoms with Crippen LogP contribution in [0.25, 0.3) is 16.5 Å². The molecule has 1 atom stereocenters. The first kappa shape index (κ1) is 27.4. The highest BCUT2D eigenvalue weighted by Crippen LogP contribution is 2.33. The van der Waals surface area contributed by atoms with Crippen LogP contribution in [-0.2, 0) is 27.7 Å². The van der Waals surface area contributed by atoms with Gasteiger partial charge >= 0.3 is 0 Å². The SMILES string of the molecule is NS(=O)(=O)C1=CCCC(c2cccnc2[C@H](Cc2cc(F)cc(F)c2)NC(=O)Cc2c[nH]c3ccc(F)cc23)=C1. The Balaban J connectivity index is 1.51. The Hall–Kier alpha value is -4.22. The summed E-state index contributed by atoms with van der Waals surface area (Å²) in [6, 6.07) is 9.92. The molecule has 1 aliphatic rings. The van der Waals surface area contributed by atoms with Crippen LogP contribution in [-0.4, -0.2) is 24.3 Å². The molecule has 5 rings (SSSR count). The maximum atomic E-state index is 14.0. The van der Waals surface area contributed by atoms with E-state index in [0.717, 1.165) is 6.07 Å². The van der Waals surface area contributed by atoms with Crippen molar-refractivity contribution < 1.29 is 26.4 Å². The second kappa shape index (κ2) is 11.1. The summed E-state index contributed by atoms with van der Waals surface area (Å²) in [5.41, 5.74) is 3.15. The summed E-state index contributed by atoms with van der Waals surface area (Å²) in [5.74, 6) is -2.39. The number of pyridine rings is 1. The molecule has 1 aliphatic carbocycles. The summed E-state index contributed by atoms with van der Waals surface area (Å²) in [6.45, 7) is 0. The Labute approximate surface area is 228 Å². The molecule has 0 spiro atoms. The molecule has 0 radical (unpaired) electrons. The number of fused-ring (bicyclic) bond motifs is 1. The van der Waals surface area contributed by atoms with Crippen LogP contribution >= 0.6 is 0 Å². The Morgan fingerprint density at radius 3 is 2.60 bits per heavy atom. The monoisotopic (exact) mass is 566 g/mol. The van der Waals surface area contributed by atoms with Gasteiger partial charge in [0.15, 0.2) is 0 Å². The number of benzene rings is 2. The van der Waals surface area contributed by atoms with Crippen LogP contribution < -0.4 is 10.5 Å². The molecule has 0 unspecified atom stereocenters. The van der Waals surface area contributed by atoms with Crippen LogP contribution in [0, 0.1) is 17.5 Å². The van der Waals surface area contributed by atoms with Crippen molar-refractivity contribution in [3.8, 4) is 0 Å². The van der Waals surface area contributed by atoms with Gasteiger partial charge in [-0.3, -0.25) is 9.78 Å². The van der Waals surface area contributed by atoms with Gasteiger partial charge in [0.2, 0.25) is 15.9 Å². The topological polar surface area (TPSA) is 118 Å². The lowest BCUT2D eigenvalue weighted by Gasteiger charge is -2.23. The second-order valence-corrected chi connectivity index (χ2v) is 11.1. The molecule has 4 aromatic rings. The molecule has 7 nitrogen and oxygen atoms in total. The van der Waals surface area contributed by atoms with Crippen LogP contribution in [0.1, 0.15) is 41.3 Å². The first-order valence-electron chi connectivity index (χ1n) is 12.5. The number of rotatable bonds is 8. The number of aromatic amines is 1. The molecule has 40 heavy (non-hydrogen) atoms. The third-order valence-corrected chi connectivity index (χ3v) is 7.64. The zero-order valence-corrected chi connectivity index (χ0v) is 21.9. The van der Waals surface area contributed by atoms with Gasteiger partial charge in [0.1, 0.15) is 17.5 Å². The minimum atomic E-state index is -3.95. The van der Waals surface area contributed by atoms with Gasteiger partial charge in [-0.2, -0.15) is 0 Å². The number of nitrogens with two attached hydrogens (primary N) is 1. The zero-order valence-electron chi connectivity index (χ0n) is 21.1. The van der Waals surface area contributed by atoms with Crippen LogP contribution in [0.15, 0.2) is 78.0 Å². The van der Waals surface area contributed by atoms with E-state index in [1.807, 2.05) is 0 Å². The van der Waals surface area contributed by atoms with Gasteiger partial charge in [0.25, 0.3) is 0 Å². The minimum absolute atomic E-state index is 0.00187. The number of amides is 1. The second-order valence-electron chi connectivity index (χ2n) is 9.58. The number of carbonyl (C=O) groups excluding carboxylic acids is 1. The molecule has 2 aromatic heterocycles. The zero-order chi connectivity index (χ0) is 28.4. The van der Waals surface area contributed by atoms with Crippen molar-refractivity contribution in [3.63, 3.8) is 0 Å². The van der Waals surface area contributed by atoms with Gasteiger partial charge in [0.05, 0.1) is 23.1 Å². The molecule has 4 N–H and O–H groups in total. The molecule has 11 heteroatoms. The van der Waals surface area contributed by atoms with E-state index in [4.69, 9.17) is 5.14 Å². The highest BCUT2D eigenvalue weighted by Gasteiger charge is 2.24. The number of nitrogens with one attached hydrogen (secondary N) is 2. The Morgan fingerprint density at radius 2 is 1.85 bits per heavy atom. The van der Waals surface area contributed by atoms with Crippen LogP contribution in [0.4, 0.5) is 13.2 Å². The van der Waals surface area contributed by atoms with E-state index in [2.05, 4.69) is 15.3 Å². The van der Waals surface area contributed by atoms with Crippen molar-refractivity contribution in [2.75, 3.05) is 0 Å². The summed E-state index contributed by atoms with van der Waals surface area (Å²) in [5, 5.41) is 8.83. The predicted octanol–water partition coefficient (Wildman–Crippen LogP) is 4.97. The van der Waals surface area contributed by atoms with E-state index in [0.29, 0.717) is 46.1 Å². The molecule has 0 saturated carbocycles. The fourth-order valence-electron chi connectivity index (χ4n) is 4.95. The fraction of sp³-hybridized carbons (Fsp3) is 0.172. The third kappa shape index (κ3) is 6.16. The van der Waals surface area contributed by atoms with E-state index in [1.54, 1.807) is 24.4 Å². The highest BCUT2D eigenvalue weighted by atomic mass is 32.2. The first-order chi connectivity index (χ1) is 19.1. The largest absolute Gasteiger partial charge is 0.361 e. The number of hydrogen-bond donors (Lipinski definition) is 3. The van der Waals surface area contributed by atoms with Gasteiger partial charge in [0, 0.05) is 34.9 Å². The first-order valence-corrected chi connectivity index (χ1v) is 14.0. The lowest BCUT2D eigenvalue weighted by molar-refractivity contribution is -0.121. The number of allylic oxidation sites excluding steroid dienone is 3. The van der Waals surface area contributed by atoms with Crippen LogP contribution in [0.5, 0.6) is 0 Å². The number of sulfonamides is 1. The van der Waals surface area contributed by atoms with Crippen LogP contribution in [0.2, 0.25) is 0 Å². The number of carbonyl (C=O) groups is 1. The molecule has 1 amide bonds. The summed E-state index contributed by atoms with van der Waals surface area (Å²) in [4.78, 5) is 20.8. The summed E-state index contributed by atoms with van der Waals surface area (Å²) < 4.78 is 65.9. The van der Waals surface area contributed by atoms with E-state index in [1.165, 1.54) is 42.6 Å². The van der Waals surface area contributed by atoms with Crippen molar-refractivity contribution in [3.05, 3.63) is 118 Å². The maximum absolute atomic E-state index is 14.0. The van der Waals surface area contributed by atoms with Crippen molar-refractivity contribution in [2.45, 2.75) is 31.7 Å². The van der Waals surface area contributed by atoms with E-state index < -0.39 is 39.4 Å². The van der Waals surface area contributed by atoms with E-state index in [-0.39, 0.29) is 23.3 Å². The average molecular weight is 567 g/mol. The standard InChI is InChI=1S/C29H25F3N4O3S/c30-20-6-7-26-25(15-20)19(16-35-26)13-28(37)36-27(11-17-9-21(31)14-22(32)10-17)29-24(5-2-8-34-29)18-3-1-4-23(12-18)40(33,38)39/h2,4-10,12,14-16,27,35H,1,3,11,13H2,(H,36,37)(H2,33,38,39)/t27-/m0/s1. The Morgan fingerprint density at radius 1 is 1.07 bits per heavy atom. The summed E-state index contributed by atoms with van der Waals surface area (Å²) in [7, 11) is -3.95. The molecule has 0 saturated heterocycles. The predicted molar refractivity (Wildman–Crippen MR) is 146 cm³/mol. The summed E-state index contributed by atoms with van der Waals surface area (Å²) >= 11 is 0. The normalized spacial score (nSPS) is 14.5. The van der Waals surface area contributed by atoms with E-state index in [9.17, 15) is 26.4 Å². The van der Waals surface area contributed by atoms with E-state index >= 15 is 0 Å². The molecule has 0 fully saturated rings.